The molecular formula is C10H12N2O. The van der Waals surface area contributed by atoms with Crippen LogP contribution in [0.2, 0.25) is 0 Å². The molecule has 13 heavy (non-hydrogen) atoms. The van der Waals surface area contributed by atoms with Crippen molar-refractivity contribution in [3.05, 3.63) is 29.8 Å². The van der Waals surface area contributed by atoms with Gasteiger partial charge in [0.05, 0.1) is 17.9 Å². The van der Waals surface area contributed by atoms with Crippen LogP contribution in [0, 0.1) is 11.3 Å². The monoisotopic (exact) mass is 176 g/mol. The zero-order valence-electron chi connectivity index (χ0n) is 7.57. The molecule has 1 aromatic carbocycles. The number of aliphatic hydroxyl groups excluding tert-OH is 1. The van der Waals surface area contributed by atoms with Gasteiger partial charge in [0.2, 0.25) is 0 Å². The standard InChI is InChI=1S/C10H12N2O/c1-12(6-7-13)10-5-3-2-4-9(10)8-11/h2-5,13H,6-7H2,1H3. The molecule has 0 bridgehead atoms. The van der Waals surface area contributed by atoms with E-state index in [1.54, 1.807) is 6.07 Å². The highest BCUT2D eigenvalue weighted by molar-refractivity contribution is 5.58. The molecule has 0 aliphatic heterocycles. The number of benzene rings is 1. The molecule has 0 aliphatic carbocycles. The summed E-state index contributed by atoms with van der Waals surface area (Å²) in [6, 6.07) is 9.46. The molecule has 0 unspecified atom stereocenters. The first-order chi connectivity index (χ1) is 6.29. The van der Waals surface area contributed by atoms with Gasteiger partial charge in [-0.15, -0.1) is 0 Å². The molecule has 1 rings (SSSR count). The second kappa shape index (κ2) is 4.48. The van der Waals surface area contributed by atoms with Crippen molar-refractivity contribution in [1.82, 2.24) is 0 Å². The molecule has 0 aromatic heterocycles. The Bertz CT molecular complexity index is 317. The van der Waals surface area contributed by atoms with Crippen molar-refractivity contribution in [3.8, 4) is 6.07 Å². The molecule has 3 heteroatoms. The second-order valence-corrected chi connectivity index (χ2v) is 2.77. The Labute approximate surface area is 77.8 Å². The Morgan fingerprint density at radius 1 is 1.46 bits per heavy atom. The maximum Gasteiger partial charge on any atom is 0.101 e. The van der Waals surface area contributed by atoms with Crippen molar-refractivity contribution in [1.29, 1.82) is 5.26 Å². The Hall–Kier alpha value is -1.53. The van der Waals surface area contributed by atoms with Gasteiger partial charge in [0.25, 0.3) is 0 Å². The summed E-state index contributed by atoms with van der Waals surface area (Å²) in [5, 5.41) is 17.5. The molecule has 1 N–H and O–H groups in total. The van der Waals surface area contributed by atoms with E-state index in [4.69, 9.17) is 10.4 Å². The Kier molecular flexibility index (Phi) is 3.30. The van der Waals surface area contributed by atoms with Gasteiger partial charge >= 0.3 is 0 Å². The van der Waals surface area contributed by atoms with E-state index >= 15 is 0 Å². The number of hydrogen-bond acceptors (Lipinski definition) is 3. The minimum absolute atomic E-state index is 0.0935. The third-order valence-corrected chi connectivity index (χ3v) is 1.87. The van der Waals surface area contributed by atoms with E-state index in [0.29, 0.717) is 12.1 Å². The van der Waals surface area contributed by atoms with Crippen LogP contribution in [-0.4, -0.2) is 25.3 Å². The minimum Gasteiger partial charge on any atom is -0.395 e. The van der Waals surface area contributed by atoms with Gasteiger partial charge in [0, 0.05) is 13.6 Å². The minimum atomic E-state index is 0.0935. The number of likely N-dealkylation sites (N-methyl/N-ethyl adjacent to an activating group) is 1. The van der Waals surface area contributed by atoms with Crippen LogP contribution in [-0.2, 0) is 0 Å². The van der Waals surface area contributed by atoms with Gasteiger partial charge in [-0.3, -0.25) is 0 Å². The number of anilines is 1. The number of nitrogens with zero attached hydrogens (tertiary/aromatic N) is 2. The van der Waals surface area contributed by atoms with Gasteiger partial charge in [0.15, 0.2) is 0 Å². The fourth-order valence-corrected chi connectivity index (χ4v) is 1.17. The lowest BCUT2D eigenvalue weighted by Crippen LogP contribution is -2.21. The SMILES string of the molecule is CN(CCO)c1ccccc1C#N. The summed E-state index contributed by atoms with van der Waals surface area (Å²) in [4.78, 5) is 1.86. The predicted octanol–water partition coefficient (Wildman–Crippen LogP) is 0.987. The topological polar surface area (TPSA) is 47.3 Å². The molecule has 0 aliphatic rings. The van der Waals surface area contributed by atoms with E-state index in [9.17, 15) is 0 Å². The van der Waals surface area contributed by atoms with Crippen LogP contribution >= 0.6 is 0 Å². The van der Waals surface area contributed by atoms with Crippen LogP contribution in [0.5, 0.6) is 0 Å². The lowest BCUT2D eigenvalue weighted by Gasteiger charge is -2.18. The van der Waals surface area contributed by atoms with Crippen molar-refractivity contribution in [3.63, 3.8) is 0 Å². The first-order valence-electron chi connectivity index (χ1n) is 4.10. The average Bonchev–Trinajstić information content (AvgIpc) is 2.18. The van der Waals surface area contributed by atoms with E-state index in [2.05, 4.69) is 6.07 Å². The van der Waals surface area contributed by atoms with E-state index in [0.717, 1.165) is 5.69 Å². The van der Waals surface area contributed by atoms with Crippen LogP contribution < -0.4 is 4.90 Å². The van der Waals surface area contributed by atoms with Crippen molar-refractivity contribution in [2.75, 3.05) is 25.1 Å². The van der Waals surface area contributed by atoms with Gasteiger partial charge in [-0.1, -0.05) is 12.1 Å². The zero-order chi connectivity index (χ0) is 9.68. The normalized spacial score (nSPS) is 9.31. The fraction of sp³-hybridized carbons (Fsp3) is 0.300. The molecule has 0 spiro atoms. The molecule has 0 atom stereocenters. The van der Waals surface area contributed by atoms with E-state index in [1.165, 1.54) is 0 Å². The summed E-state index contributed by atoms with van der Waals surface area (Å²) >= 11 is 0. The summed E-state index contributed by atoms with van der Waals surface area (Å²) in [7, 11) is 1.85. The lowest BCUT2D eigenvalue weighted by molar-refractivity contribution is 0.304. The quantitative estimate of drug-likeness (QED) is 0.747. The molecule has 0 saturated carbocycles. The number of hydrogen-bond donors (Lipinski definition) is 1. The highest BCUT2D eigenvalue weighted by Gasteiger charge is 2.04. The molecule has 0 fully saturated rings. The maximum absolute atomic E-state index is 8.80. The second-order valence-electron chi connectivity index (χ2n) is 2.77. The van der Waals surface area contributed by atoms with Crippen LogP contribution in [0.4, 0.5) is 5.69 Å². The van der Waals surface area contributed by atoms with Gasteiger partial charge in [0.1, 0.15) is 6.07 Å². The Morgan fingerprint density at radius 3 is 2.77 bits per heavy atom. The molecule has 0 saturated heterocycles. The first-order valence-corrected chi connectivity index (χ1v) is 4.10. The number of para-hydroxylation sites is 1. The third-order valence-electron chi connectivity index (χ3n) is 1.87. The van der Waals surface area contributed by atoms with Crippen molar-refractivity contribution >= 4 is 5.69 Å². The van der Waals surface area contributed by atoms with Crippen molar-refractivity contribution in [2.24, 2.45) is 0 Å². The van der Waals surface area contributed by atoms with Gasteiger partial charge in [-0.25, -0.2) is 0 Å². The molecule has 3 nitrogen and oxygen atoms in total. The molecule has 0 amide bonds. The summed E-state index contributed by atoms with van der Waals surface area (Å²) < 4.78 is 0. The molecule has 1 aromatic rings. The van der Waals surface area contributed by atoms with E-state index in [1.807, 2.05) is 30.1 Å². The number of nitriles is 1. The van der Waals surface area contributed by atoms with Crippen LogP contribution in [0.15, 0.2) is 24.3 Å². The first kappa shape index (κ1) is 9.56. The summed E-state index contributed by atoms with van der Waals surface area (Å²) in [5.74, 6) is 0. The highest BCUT2D eigenvalue weighted by atomic mass is 16.3. The molecule has 0 heterocycles. The molecule has 68 valence electrons. The lowest BCUT2D eigenvalue weighted by atomic mass is 10.2. The van der Waals surface area contributed by atoms with E-state index in [-0.39, 0.29) is 6.61 Å². The Balaban J connectivity index is 2.93. The van der Waals surface area contributed by atoms with Gasteiger partial charge in [-0.05, 0) is 12.1 Å². The molecular weight excluding hydrogens is 164 g/mol. The predicted molar refractivity (Wildman–Crippen MR) is 51.5 cm³/mol. The zero-order valence-corrected chi connectivity index (χ0v) is 7.57. The number of aliphatic hydroxyl groups is 1. The van der Waals surface area contributed by atoms with Crippen molar-refractivity contribution < 1.29 is 5.11 Å². The average molecular weight is 176 g/mol. The number of rotatable bonds is 3. The van der Waals surface area contributed by atoms with Crippen molar-refractivity contribution in [2.45, 2.75) is 0 Å². The smallest absolute Gasteiger partial charge is 0.101 e. The summed E-state index contributed by atoms with van der Waals surface area (Å²) in [5.41, 5.74) is 1.50. The Morgan fingerprint density at radius 2 is 2.15 bits per heavy atom. The third kappa shape index (κ3) is 2.20. The van der Waals surface area contributed by atoms with Gasteiger partial charge in [-0.2, -0.15) is 5.26 Å². The molecule has 0 radical (unpaired) electrons. The van der Waals surface area contributed by atoms with Crippen LogP contribution in [0.3, 0.4) is 0 Å². The summed E-state index contributed by atoms with van der Waals surface area (Å²) in [6.45, 7) is 0.634. The largest absolute Gasteiger partial charge is 0.395 e. The highest BCUT2D eigenvalue weighted by Crippen LogP contribution is 2.17. The fourth-order valence-electron chi connectivity index (χ4n) is 1.17. The van der Waals surface area contributed by atoms with Gasteiger partial charge < -0.3 is 10.0 Å². The van der Waals surface area contributed by atoms with Crippen LogP contribution in [0.1, 0.15) is 5.56 Å². The van der Waals surface area contributed by atoms with Crippen LogP contribution in [0.25, 0.3) is 0 Å². The maximum atomic E-state index is 8.80. The summed E-state index contributed by atoms with van der Waals surface area (Å²) in [6.07, 6.45) is 0. The van der Waals surface area contributed by atoms with E-state index < -0.39 is 0 Å².